The van der Waals surface area contributed by atoms with Crippen molar-refractivity contribution in [3.05, 3.63) is 11.4 Å². The van der Waals surface area contributed by atoms with E-state index in [-0.39, 0.29) is 0 Å². The number of nitrogens with one attached hydrogen (secondary N) is 1. The molecule has 1 aromatic heterocycles. The van der Waals surface area contributed by atoms with Crippen molar-refractivity contribution in [2.24, 2.45) is 13.0 Å². The zero-order chi connectivity index (χ0) is 14.4. The van der Waals surface area contributed by atoms with Crippen molar-refractivity contribution in [3.63, 3.8) is 0 Å². The first-order chi connectivity index (χ1) is 8.91. The van der Waals surface area contributed by atoms with Gasteiger partial charge in [-0.1, -0.05) is 13.8 Å². The van der Waals surface area contributed by atoms with E-state index in [2.05, 4.69) is 31.2 Å². The minimum Gasteiger partial charge on any atom is -0.488 e. The van der Waals surface area contributed by atoms with E-state index in [1.54, 1.807) is 0 Å². The summed E-state index contributed by atoms with van der Waals surface area (Å²) in [4.78, 5) is 0. The van der Waals surface area contributed by atoms with Crippen LogP contribution in [0.3, 0.4) is 0 Å². The molecule has 0 amide bonds. The average molecular weight is 267 g/mol. The maximum Gasteiger partial charge on any atom is 0.163 e. The molecule has 0 spiro atoms. The van der Waals surface area contributed by atoms with Crippen molar-refractivity contribution in [1.82, 2.24) is 15.1 Å². The summed E-state index contributed by atoms with van der Waals surface area (Å²) in [5.41, 5.74) is 2.05. The van der Waals surface area contributed by atoms with E-state index in [4.69, 9.17) is 4.74 Å². The van der Waals surface area contributed by atoms with E-state index in [1.807, 2.05) is 25.6 Å². The Bertz CT molecular complexity index is 385. The summed E-state index contributed by atoms with van der Waals surface area (Å²) in [6.07, 6.45) is 2.50. The minimum atomic E-state index is 0.557. The molecule has 0 aliphatic carbocycles. The maximum absolute atomic E-state index is 5.82. The fourth-order valence-corrected chi connectivity index (χ4v) is 2.11. The second kappa shape index (κ2) is 7.53. The fraction of sp³-hybridized carbons (Fsp3) is 0.800. The topological polar surface area (TPSA) is 39.1 Å². The third-order valence-electron chi connectivity index (χ3n) is 3.46. The lowest BCUT2D eigenvalue weighted by Gasteiger charge is -2.15. The number of hydrogen-bond acceptors (Lipinski definition) is 3. The highest BCUT2D eigenvalue weighted by atomic mass is 16.5. The number of aryl methyl sites for hydroxylation is 2. The van der Waals surface area contributed by atoms with Gasteiger partial charge in [0.2, 0.25) is 0 Å². The number of ether oxygens (including phenoxy) is 1. The molecule has 0 aliphatic rings. The molecule has 0 saturated carbocycles. The van der Waals surface area contributed by atoms with Crippen LogP contribution < -0.4 is 10.1 Å². The molecule has 4 nitrogen and oxygen atoms in total. The molecule has 0 fully saturated rings. The largest absolute Gasteiger partial charge is 0.488 e. The van der Waals surface area contributed by atoms with E-state index in [0.717, 1.165) is 29.6 Å². The van der Waals surface area contributed by atoms with Gasteiger partial charge in [0.15, 0.2) is 5.75 Å². The van der Waals surface area contributed by atoms with Crippen LogP contribution in [-0.4, -0.2) is 29.0 Å². The number of aromatic nitrogens is 2. The summed E-state index contributed by atoms with van der Waals surface area (Å²) in [6, 6.07) is 0.557. The van der Waals surface area contributed by atoms with E-state index < -0.39 is 0 Å². The molecule has 1 N–H and O–H groups in total. The Labute approximate surface area is 117 Å². The van der Waals surface area contributed by atoms with Gasteiger partial charge in [-0.25, -0.2) is 0 Å². The van der Waals surface area contributed by atoms with Crippen molar-refractivity contribution < 1.29 is 4.74 Å². The molecule has 0 aromatic carbocycles. The lowest BCUT2D eigenvalue weighted by atomic mass is 10.0. The highest BCUT2D eigenvalue weighted by Gasteiger charge is 2.10. The molecular weight excluding hydrogens is 238 g/mol. The first kappa shape index (κ1) is 16.0. The molecule has 110 valence electrons. The predicted molar refractivity (Wildman–Crippen MR) is 79.7 cm³/mol. The Morgan fingerprint density at radius 1 is 1.21 bits per heavy atom. The Morgan fingerprint density at radius 2 is 1.89 bits per heavy atom. The minimum absolute atomic E-state index is 0.557. The number of hydrogen-bond donors (Lipinski definition) is 1. The van der Waals surface area contributed by atoms with Gasteiger partial charge in [0.1, 0.15) is 12.3 Å². The molecule has 4 heteroatoms. The Kier molecular flexibility index (Phi) is 6.35. The van der Waals surface area contributed by atoms with Gasteiger partial charge in [-0.05, 0) is 39.5 Å². The lowest BCUT2D eigenvalue weighted by Crippen LogP contribution is -2.30. The first-order valence-corrected chi connectivity index (χ1v) is 7.28. The summed E-state index contributed by atoms with van der Waals surface area (Å²) in [6.45, 7) is 12.4. The van der Waals surface area contributed by atoms with Crippen molar-refractivity contribution in [1.29, 1.82) is 0 Å². The van der Waals surface area contributed by atoms with E-state index in [0.29, 0.717) is 12.6 Å². The molecule has 0 bridgehead atoms. The molecule has 1 aromatic rings. The predicted octanol–water partition coefficient (Wildman–Crippen LogP) is 2.83. The smallest absolute Gasteiger partial charge is 0.163 e. The second-order valence-corrected chi connectivity index (χ2v) is 5.80. The molecule has 0 aliphatic heterocycles. The number of nitrogens with zero attached hydrogens (tertiary/aromatic N) is 2. The molecule has 1 atom stereocenters. The van der Waals surface area contributed by atoms with Crippen LogP contribution in [0, 0.1) is 19.8 Å². The third-order valence-corrected chi connectivity index (χ3v) is 3.46. The second-order valence-electron chi connectivity index (χ2n) is 5.80. The van der Waals surface area contributed by atoms with Crippen molar-refractivity contribution >= 4 is 0 Å². The third kappa shape index (κ3) is 5.23. The van der Waals surface area contributed by atoms with E-state index in [1.165, 1.54) is 12.8 Å². The lowest BCUT2D eigenvalue weighted by molar-refractivity contribution is 0.299. The van der Waals surface area contributed by atoms with Gasteiger partial charge in [-0.3, -0.25) is 4.68 Å². The molecule has 1 unspecified atom stereocenters. The van der Waals surface area contributed by atoms with Gasteiger partial charge in [0.05, 0.1) is 5.69 Å². The summed E-state index contributed by atoms with van der Waals surface area (Å²) >= 11 is 0. The average Bonchev–Trinajstić information content (AvgIpc) is 2.57. The molecule has 19 heavy (non-hydrogen) atoms. The number of rotatable bonds is 8. The fourth-order valence-electron chi connectivity index (χ4n) is 2.11. The molecule has 1 heterocycles. The van der Waals surface area contributed by atoms with Crippen molar-refractivity contribution in [2.45, 2.75) is 53.5 Å². The summed E-state index contributed by atoms with van der Waals surface area (Å²) in [5.74, 6) is 1.71. The Hall–Kier alpha value is -1.03. The molecule has 0 saturated heterocycles. The van der Waals surface area contributed by atoms with Crippen LogP contribution in [0.5, 0.6) is 5.75 Å². The van der Waals surface area contributed by atoms with Crippen LogP contribution in [0.2, 0.25) is 0 Å². The quantitative estimate of drug-likeness (QED) is 0.736. The highest BCUT2D eigenvalue weighted by molar-refractivity contribution is 5.31. The molecule has 0 radical (unpaired) electrons. The summed E-state index contributed by atoms with van der Waals surface area (Å²) in [7, 11) is 1.95. The standard InChI is InChI=1S/C15H29N3O/c1-11(2)7-8-12(3)16-9-10-19-15-13(4)17-18(6)14(15)5/h11-12,16H,7-10H2,1-6H3. The van der Waals surface area contributed by atoms with Gasteiger partial charge in [0.25, 0.3) is 0 Å². The first-order valence-electron chi connectivity index (χ1n) is 7.28. The van der Waals surface area contributed by atoms with Crippen molar-refractivity contribution in [3.8, 4) is 5.75 Å². The monoisotopic (exact) mass is 267 g/mol. The molecular formula is C15H29N3O. The highest BCUT2D eigenvalue weighted by Crippen LogP contribution is 2.20. The summed E-state index contributed by atoms with van der Waals surface area (Å²) in [5, 5.41) is 7.85. The van der Waals surface area contributed by atoms with Crippen LogP contribution >= 0.6 is 0 Å². The SMILES string of the molecule is Cc1nn(C)c(C)c1OCCNC(C)CCC(C)C. The Morgan fingerprint density at radius 3 is 2.42 bits per heavy atom. The van der Waals surface area contributed by atoms with Gasteiger partial charge in [-0.15, -0.1) is 0 Å². The van der Waals surface area contributed by atoms with Crippen LogP contribution in [0.25, 0.3) is 0 Å². The van der Waals surface area contributed by atoms with Gasteiger partial charge in [-0.2, -0.15) is 5.10 Å². The zero-order valence-corrected chi connectivity index (χ0v) is 13.3. The maximum atomic E-state index is 5.82. The Balaban J connectivity index is 2.24. The van der Waals surface area contributed by atoms with Crippen LogP contribution in [0.4, 0.5) is 0 Å². The summed E-state index contributed by atoms with van der Waals surface area (Å²) < 4.78 is 7.68. The van der Waals surface area contributed by atoms with Gasteiger partial charge >= 0.3 is 0 Å². The van der Waals surface area contributed by atoms with E-state index in [9.17, 15) is 0 Å². The van der Waals surface area contributed by atoms with Crippen LogP contribution in [0.1, 0.15) is 45.0 Å². The van der Waals surface area contributed by atoms with E-state index >= 15 is 0 Å². The van der Waals surface area contributed by atoms with Crippen molar-refractivity contribution in [2.75, 3.05) is 13.2 Å². The normalized spacial score (nSPS) is 13.0. The van der Waals surface area contributed by atoms with Crippen LogP contribution in [0.15, 0.2) is 0 Å². The molecule has 1 rings (SSSR count). The zero-order valence-electron chi connectivity index (χ0n) is 13.3. The van der Waals surface area contributed by atoms with Gasteiger partial charge in [0, 0.05) is 19.6 Å². The van der Waals surface area contributed by atoms with Crippen LogP contribution in [-0.2, 0) is 7.05 Å². The van der Waals surface area contributed by atoms with Gasteiger partial charge < -0.3 is 10.1 Å².